The molecule has 0 aromatic carbocycles. The number of carbonyl (C=O) groups is 2. The Morgan fingerprint density at radius 2 is 2.30 bits per heavy atom. The molecule has 2 heterocycles. The highest BCUT2D eigenvalue weighted by Crippen LogP contribution is 2.33. The standard InChI is InChI=1S/C13H22N2O4S/c1-8(16)6-19-11(17)5-3-2-4-10-12-9(7-20-10)14-13(18)15-12/h8-10,12,16H,2-7H2,1H3,(H2,14,15,18)/t8?,9-,10-,12-/m0/s1. The summed E-state index contributed by atoms with van der Waals surface area (Å²) in [5.74, 6) is 0.712. The Bertz CT molecular complexity index is 364. The fourth-order valence-corrected chi connectivity index (χ4v) is 4.09. The zero-order valence-corrected chi connectivity index (χ0v) is 12.4. The first-order valence-corrected chi connectivity index (χ1v) is 8.13. The number of ether oxygens (including phenoxy) is 1. The topological polar surface area (TPSA) is 87.7 Å². The van der Waals surface area contributed by atoms with E-state index in [-0.39, 0.29) is 30.7 Å². The lowest BCUT2D eigenvalue weighted by molar-refractivity contribution is -0.146. The molecular formula is C13H22N2O4S. The molecule has 2 rings (SSSR count). The molecule has 0 aromatic heterocycles. The van der Waals surface area contributed by atoms with Gasteiger partial charge >= 0.3 is 12.0 Å². The van der Waals surface area contributed by atoms with Crippen LogP contribution in [0.25, 0.3) is 0 Å². The lowest BCUT2D eigenvalue weighted by atomic mass is 10.0. The van der Waals surface area contributed by atoms with E-state index in [1.165, 1.54) is 0 Å². The van der Waals surface area contributed by atoms with Crippen molar-refractivity contribution in [2.24, 2.45) is 0 Å². The summed E-state index contributed by atoms with van der Waals surface area (Å²) in [6, 6.07) is 0.426. The normalized spacial score (nSPS) is 29.5. The number of urea groups is 1. The van der Waals surface area contributed by atoms with Gasteiger partial charge < -0.3 is 20.5 Å². The molecule has 2 saturated heterocycles. The molecule has 1 unspecified atom stereocenters. The zero-order valence-electron chi connectivity index (χ0n) is 11.6. The van der Waals surface area contributed by atoms with Crippen LogP contribution in [0.4, 0.5) is 4.79 Å². The number of hydrogen-bond acceptors (Lipinski definition) is 5. The van der Waals surface area contributed by atoms with Crippen LogP contribution in [0.15, 0.2) is 0 Å². The molecule has 6 nitrogen and oxygen atoms in total. The van der Waals surface area contributed by atoms with E-state index in [1.807, 2.05) is 11.8 Å². The maximum absolute atomic E-state index is 11.4. The lowest BCUT2D eigenvalue weighted by Gasteiger charge is -2.16. The predicted octanol–water partition coefficient (Wildman–Crippen LogP) is 0.636. The summed E-state index contributed by atoms with van der Waals surface area (Å²) in [4.78, 5) is 22.6. The Morgan fingerprint density at radius 3 is 3.05 bits per heavy atom. The van der Waals surface area contributed by atoms with Gasteiger partial charge in [0.2, 0.25) is 0 Å². The second-order valence-electron chi connectivity index (χ2n) is 5.40. The molecule has 0 radical (unpaired) electrons. The summed E-state index contributed by atoms with van der Waals surface area (Å²) < 4.78 is 4.90. The monoisotopic (exact) mass is 302 g/mol. The van der Waals surface area contributed by atoms with Gasteiger partial charge in [0.25, 0.3) is 0 Å². The van der Waals surface area contributed by atoms with Crippen LogP contribution in [0.1, 0.15) is 32.6 Å². The van der Waals surface area contributed by atoms with Gasteiger partial charge in [-0.2, -0.15) is 11.8 Å². The van der Waals surface area contributed by atoms with Crippen LogP contribution in [0.3, 0.4) is 0 Å². The van der Waals surface area contributed by atoms with Gasteiger partial charge in [-0.05, 0) is 19.8 Å². The third-order valence-corrected chi connectivity index (χ3v) is 5.05. The summed E-state index contributed by atoms with van der Waals surface area (Å²) in [5.41, 5.74) is 0. The van der Waals surface area contributed by atoms with E-state index in [0.29, 0.717) is 11.7 Å². The number of unbranched alkanes of at least 4 members (excludes halogenated alkanes) is 1. The lowest BCUT2D eigenvalue weighted by Crippen LogP contribution is -2.36. The van der Waals surface area contributed by atoms with E-state index in [4.69, 9.17) is 9.84 Å². The summed E-state index contributed by atoms with van der Waals surface area (Å²) in [7, 11) is 0. The Balaban J connectivity index is 1.57. The number of fused-ring (bicyclic) bond motifs is 1. The van der Waals surface area contributed by atoms with Crippen molar-refractivity contribution in [2.75, 3.05) is 12.4 Å². The van der Waals surface area contributed by atoms with Crippen LogP contribution in [-0.4, -0.2) is 52.9 Å². The number of carbonyl (C=O) groups excluding carboxylic acids is 2. The van der Waals surface area contributed by atoms with Crippen LogP contribution >= 0.6 is 11.8 Å². The number of nitrogens with one attached hydrogen (secondary N) is 2. The van der Waals surface area contributed by atoms with Gasteiger partial charge in [-0.15, -0.1) is 0 Å². The van der Waals surface area contributed by atoms with Gasteiger partial charge in [0.15, 0.2) is 0 Å². The maximum atomic E-state index is 11.4. The third kappa shape index (κ3) is 4.28. The van der Waals surface area contributed by atoms with Crippen molar-refractivity contribution in [1.29, 1.82) is 0 Å². The predicted molar refractivity (Wildman–Crippen MR) is 76.6 cm³/mol. The molecule has 2 aliphatic heterocycles. The number of rotatable bonds is 7. The van der Waals surface area contributed by atoms with Crippen LogP contribution in [-0.2, 0) is 9.53 Å². The second kappa shape index (κ2) is 7.17. The minimum absolute atomic E-state index is 0.0630. The quantitative estimate of drug-likeness (QED) is 0.365. The van der Waals surface area contributed by atoms with Crippen molar-refractivity contribution >= 4 is 23.8 Å². The highest BCUT2D eigenvalue weighted by Gasteiger charge is 2.42. The van der Waals surface area contributed by atoms with Crippen molar-refractivity contribution < 1.29 is 19.4 Å². The van der Waals surface area contributed by atoms with Crippen LogP contribution in [0, 0.1) is 0 Å². The van der Waals surface area contributed by atoms with Crippen molar-refractivity contribution in [2.45, 2.75) is 56.0 Å². The first kappa shape index (κ1) is 15.4. The van der Waals surface area contributed by atoms with Crippen molar-refractivity contribution in [1.82, 2.24) is 10.6 Å². The van der Waals surface area contributed by atoms with Gasteiger partial charge in [0, 0.05) is 17.4 Å². The highest BCUT2D eigenvalue weighted by molar-refractivity contribution is 8.00. The Labute approximate surface area is 123 Å². The molecule has 0 bridgehead atoms. The average Bonchev–Trinajstić information content (AvgIpc) is 2.92. The molecule has 114 valence electrons. The van der Waals surface area contributed by atoms with Gasteiger partial charge in [-0.1, -0.05) is 6.42 Å². The fraction of sp³-hybridized carbons (Fsp3) is 0.846. The summed E-state index contributed by atoms with van der Waals surface area (Å²) in [5, 5.41) is 15.3. The third-order valence-electron chi connectivity index (χ3n) is 3.54. The first-order chi connectivity index (χ1) is 9.56. The molecule has 2 aliphatic rings. The Morgan fingerprint density at radius 1 is 1.50 bits per heavy atom. The van der Waals surface area contributed by atoms with Gasteiger partial charge in [-0.3, -0.25) is 4.79 Å². The average molecular weight is 302 g/mol. The van der Waals surface area contributed by atoms with Crippen LogP contribution < -0.4 is 10.6 Å². The van der Waals surface area contributed by atoms with Crippen LogP contribution in [0.2, 0.25) is 0 Å². The van der Waals surface area contributed by atoms with E-state index >= 15 is 0 Å². The SMILES string of the molecule is CC(O)COC(=O)CCCC[C@@H]1SC[C@@H]2NC(=O)N[C@@H]21. The van der Waals surface area contributed by atoms with Gasteiger partial charge in [0.05, 0.1) is 18.2 Å². The molecule has 2 fully saturated rings. The van der Waals surface area contributed by atoms with E-state index < -0.39 is 6.10 Å². The number of aliphatic hydroxyl groups excluding tert-OH is 1. The van der Waals surface area contributed by atoms with Crippen molar-refractivity contribution in [3.05, 3.63) is 0 Å². The molecule has 7 heteroatoms. The molecule has 2 amide bonds. The van der Waals surface area contributed by atoms with Gasteiger partial charge in [-0.25, -0.2) is 4.79 Å². The minimum Gasteiger partial charge on any atom is -0.463 e. The fourth-order valence-electron chi connectivity index (χ4n) is 2.54. The molecule has 20 heavy (non-hydrogen) atoms. The number of esters is 1. The smallest absolute Gasteiger partial charge is 0.315 e. The van der Waals surface area contributed by atoms with Crippen LogP contribution in [0.5, 0.6) is 0 Å². The molecular weight excluding hydrogens is 280 g/mol. The summed E-state index contributed by atoms with van der Waals surface area (Å²) >= 11 is 1.88. The van der Waals surface area contributed by atoms with Crippen molar-refractivity contribution in [3.8, 4) is 0 Å². The number of aliphatic hydroxyl groups is 1. The molecule has 0 aromatic rings. The molecule has 4 atom stereocenters. The maximum Gasteiger partial charge on any atom is 0.315 e. The molecule has 0 aliphatic carbocycles. The van der Waals surface area contributed by atoms with E-state index in [9.17, 15) is 9.59 Å². The number of thioether (sulfide) groups is 1. The highest BCUT2D eigenvalue weighted by atomic mass is 32.2. The zero-order chi connectivity index (χ0) is 14.5. The summed E-state index contributed by atoms with van der Waals surface area (Å²) in [6.45, 7) is 1.66. The molecule has 3 N–H and O–H groups in total. The van der Waals surface area contributed by atoms with E-state index in [1.54, 1.807) is 6.92 Å². The molecule has 0 spiro atoms. The van der Waals surface area contributed by atoms with Crippen molar-refractivity contribution in [3.63, 3.8) is 0 Å². The number of hydrogen-bond donors (Lipinski definition) is 3. The van der Waals surface area contributed by atoms with E-state index in [0.717, 1.165) is 25.0 Å². The number of amides is 2. The van der Waals surface area contributed by atoms with E-state index in [2.05, 4.69) is 10.6 Å². The largest absolute Gasteiger partial charge is 0.463 e. The summed E-state index contributed by atoms with van der Waals surface area (Å²) in [6.07, 6.45) is 2.51. The first-order valence-electron chi connectivity index (χ1n) is 7.08. The second-order valence-corrected chi connectivity index (χ2v) is 6.67. The molecule has 0 saturated carbocycles. The minimum atomic E-state index is -0.607. The Hall–Kier alpha value is -0.950. The van der Waals surface area contributed by atoms with Gasteiger partial charge in [0.1, 0.15) is 6.61 Å². The Kier molecular flexibility index (Phi) is 5.54.